The Balaban J connectivity index is 1.90. The number of hydrogen-bond acceptors (Lipinski definition) is 4. The molecule has 4 nitrogen and oxygen atoms in total. The average molecular weight is 264 g/mol. The second kappa shape index (κ2) is 3.93. The summed E-state index contributed by atoms with van der Waals surface area (Å²) in [6.45, 7) is 3.87. The zero-order valence-electron chi connectivity index (χ0n) is 11.2. The van der Waals surface area contributed by atoms with Gasteiger partial charge in [0.25, 0.3) is 0 Å². The van der Waals surface area contributed by atoms with Crippen molar-refractivity contribution in [3.8, 4) is 11.5 Å². The Labute approximate surface area is 115 Å². The van der Waals surface area contributed by atoms with Crippen LogP contribution in [0.4, 0.5) is 0 Å². The Morgan fingerprint density at radius 3 is 2.60 bits per heavy atom. The Hall–Kier alpha value is -2.62. The average Bonchev–Trinajstić information content (AvgIpc) is 2.99. The van der Waals surface area contributed by atoms with Gasteiger partial charge in [0.1, 0.15) is 11.0 Å². The van der Waals surface area contributed by atoms with E-state index in [-0.39, 0.29) is 0 Å². The van der Waals surface area contributed by atoms with Crippen LogP contribution in [0.15, 0.2) is 45.2 Å². The SMILES string of the molecule is Cc1ccc2nc(-c3ccc4oc(C)nc4c3)oc2c1. The summed E-state index contributed by atoms with van der Waals surface area (Å²) in [7, 11) is 0. The number of aromatic nitrogens is 2. The van der Waals surface area contributed by atoms with Gasteiger partial charge in [0, 0.05) is 12.5 Å². The molecular formula is C16H12N2O2. The smallest absolute Gasteiger partial charge is 0.227 e. The van der Waals surface area contributed by atoms with E-state index < -0.39 is 0 Å². The summed E-state index contributed by atoms with van der Waals surface area (Å²) in [5.41, 5.74) is 5.32. The topological polar surface area (TPSA) is 52.1 Å². The van der Waals surface area contributed by atoms with E-state index in [1.54, 1.807) is 0 Å². The molecule has 0 unspecified atom stereocenters. The summed E-state index contributed by atoms with van der Waals surface area (Å²) in [5, 5.41) is 0. The summed E-state index contributed by atoms with van der Waals surface area (Å²) in [6.07, 6.45) is 0. The lowest BCUT2D eigenvalue weighted by molar-refractivity contribution is 0.561. The first-order chi connectivity index (χ1) is 9.69. The minimum Gasteiger partial charge on any atom is -0.441 e. The zero-order valence-corrected chi connectivity index (χ0v) is 11.2. The van der Waals surface area contributed by atoms with E-state index in [0.717, 1.165) is 33.3 Å². The minimum absolute atomic E-state index is 0.605. The van der Waals surface area contributed by atoms with E-state index in [2.05, 4.69) is 9.97 Å². The molecule has 20 heavy (non-hydrogen) atoms. The van der Waals surface area contributed by atoms with Gasteiger partial charge in [0.15, 0.2) is 17.1 Å². The molecule has 0 aliphatic rings. The number of fused-ring (bicyclic) bond motifs is 2. The molecule has 0 aliphatic heterocycles. The Bertz CT molecular complexity index is 934. The van der Waals surface area contributed by atoms with Crippen LogP contribution in [0.3, 0.4) is 0 Å². The molecule has 0 atom stereocenters. The lowest BCUT2D eigenvalue weighted by atomic mass is 10.2. The highest BCUT2D eigenvalue weighted by molar-refractivity contribution is 5.81. The molecule has 4 aromatic rings. The predicted molar refractivity (Wildman–Crippen MR) is 76.5 cm³/mol. The fourth-order valence-electron chi connectivity index (χ4n) is 2.33. The number of oxazole rings is 2. The van der Waals surface area contributed by atoms with Crippen LogP contribution in [-0.2, 0) is 0 Å². The summed E-state index contributed by atoms with van der Waals surface area (Å²) in [5.74, 6) is 1.26. The maximum Gasteiger partial charge on any atom is 0.227 e. The van der Waals surface area contributed by atoms with Crippen molar-refractivity contribution in [2.45, 2.75) is 13.8 Å². The number of benzene rings is 2. The molecule has 0 fully saturated rings. The van der Waals surface area contributed by atoms with Crippen LogP contribution in [0, 0.1) is 13.8 Å². The maximum absolute atomic E-state index is 5.82. The van der Waals surface area contributed by atoms with E-state index in [4.69, 9.17) is 8.83 Å². The van der Waals surface area contributed by atoms with E-state index in [9.17, 15) is 0 Å². The highest BCUT2D eigenvalue weighted by Crippen LogP contribution is 2.27. The van der Waals surface area contributed by atoms with Crippen LogP contribution < -0.4 is 0 Å². The molecule has 0 saturated carbocycles. The second-order valence-electron chi connectivity index (χ2n) is 4.91. The predicted octanol–water partition coefficient (Wildman–Crippen LogP) is 4.25. The number of hydrogen-bond donors (Lipinski definition) is 0. The lowest BCUT2D eigenvalue weighted by Crippen LogP contribution is -1.77. The normalized spacial score (nSPS) is 11.5. The van der Waals surface area contributed by atoms with Crippen LogP contribution in [0.1, 0.15) is 11.5 Å². The Kier molecular flexibility index (Phi) is 2.21. The van der Waals surface area contributed by atoms with Gasteiger partial charge < -0.3 is 8.83 Å². The van der Waals surface area contributed by atoms with Gasteiger partial charge in [-0.25, -0.2) is 9.97 Å². The lowest BCUT2D eigenvalue weighted by Gasteiger charge is -1.93. The van der Waals surface area contributed by atoms with Gasteiger partial charge in [0.2, 0.25) is 5.89 Å². The van der Waals surface area contributed by atoms with E-state index >= 15 is 0 Å². The van der Waals surface area contributed by atoms with Crippen molar-refractivity contribution < 1.29 is 8.83 Å². The minimum atomic E-state index is 0.605. The molecule has 2 aromatic carbocycles. The molecule has 0 bridgehead atoms. The van der Waals surface area contributed by atoms with Gasteiger partial charge in [-0.15, -0.1) is 0 Å². The van der Waals surface area contributed by atoms with Gasteiger partial charge in [-0.05, 0) is 42.8 Å². The zero-order chi connectivity index (χ0) is 13.7. The van der Waals surface area contributed by atoms with Crippen molar-refractivity contribution in [1.82, 2.24) is 9.97 Å². The number of aryl methyl sites for hydroxylation is 2. The fourth-order valence-corrected chi connectivity index (χ4v) is 2.33. The van der Waals surface area contributed by atoms with E-state index in [1.807, 2.05) is 50.2 Å². The van der Waals surface area contributed by atoms with Gasteiger partial charge in [-0.1, -0.05) is 6.07 Å². The first-order valence-electron chi connectivity index (χ1n) is 6.44. The molecule has 0 spiro atoms. The first kappa shape index (κ1) is 11.2. The van der Waals surface area contributed by atoms with Crippen LogP contribution in [0.25, 0.3) is 33.7 Å². The fraction of sp³-hybridized carbons (Fsp3) is 0.125. The third-order valence-corrected chi connectivity index (χ3v) is 3.29. The molecule has 0 aliphatic carbocycles. The standard InChI is InChI=1S/C16H12N2O2/c1-9-3-5-12-15(7-9)20-16(18-12)11-4-6-14-13(8-11)17-10(2)19-14/h3-8H,1-2H3. The van der Waals surface area contributed by atoms with Crippen LogP contribution in [-0.4, -0.2) is 9.97 Å². The third kappa shape index (κ3) is 1.69. The van der Waals surface area contributed by atoms with Gasteiger partial charge in [0.05, 0.1) is 0 Å². The molecule has 0 amide bonds. The summed E-state index contributed by atoms with van der Waals surface area (Å²) in [6, 6.07) is 11.7. The highest BCUT2D eigenvalue weighted by Gasteiger charge is 2.10. The summed E-state index contributed by atoms with van der Waals surface area (Å²) in [4.78, 5) is 8.84. The van der Waals surface area contributed by atoms with Gasteiger partial charge in [-0.3, -0.25) is 0 Å². The van der Waals surface area contributed by atoms with Crippen molar-refractivity contribution in [3.05, 3.63) is 47.9 Å². The molecule has 2 heterocycles. The van der Waals surface area contributed by atoms with Gasteiger partial charge >= 0.3 is 0 Å². The van der Waals surface area contributed by atoms with Crippen molar-refractivity contribution in [3.63, 3.8) is 0 Å². The van der Waals surface area contributed by atoms with Gasteiger partial charge in [-0.2, -0.15) is 0 Å². The van der Waals surface area contributed by atoms with Crippen molar-refractivity contribution in [2.24, 2.45) is 0 Å². The molecule has 2 aromatic heterocycles. The summed E-state index contributed by atoms with van der Waals surface area (Å²) < 4.78 is 11.3. The quantitative estimate of drug-likeness (QED) is 0.515. The third-order valence-electron chi connectivity index (χ3n) is 3.29. The molecule has 0 N–H and O–H groups in total. The molecule has 4 rings (SSSR count). The molecule has 0 saturated heterocycles. The van der Waals surface area contributed by atoms with Crippen LogP contribution in [0.5, 0.6) is 0 Å². The first-order valence-corrected chi connectivity index (χ1v) is 6.44. The molecule has 4 heteroatoms. The number of nitrogens with zero attached hydrogens (tertiary/aromatic N) is 2. The highest BCUT2D eigenvalue weighted by atomic mass is 16.4. The Morgan fingerprint density at radius 1 is 0.800 bits per heavy atom. The summed E-state index contributed by atoms with van der Waals surface area (Å²) >= 11 is 0. The molecule has 0 radical (unpaired) electrons. The largest absolute Gasteiger partial charge is 0.441 e. The van der Waals surface area contributed by atoms with Crippen LogP contribution in [0.2, 0.25) is 0 Å². The second-order valence-corrected chi connectivity index (χ2v) is 4.91. The monoisotopic (exact) mass is 264 g/mol. The van der Waals surface area contributed by atoms with Crippen molar-refractivity contribution in [2.75, 3.05) is 0 Å². The maximum atomic E-state index is 5.82. The molecular weight excluding hydrogens is 252 g/mol. The Morgan fingerprint density at radius 2 is 1.70 bits per heavy atom. The molecule has 98 valence electrons. The van der Waals surface area contributed by atoms with Crippen molar-refractivity contribution >= 4 is 22.2 Å². The van der Waals surface area contributed by atoms with E-state index in [1.165, 1.54) is 0 Å². The number of rotatable bonds is 1. The van der Waals surface area contributed by atoms with Crippen LogP contribution >= 0.6 is 0 Å². The van der Waals surface area contributed by atoms with E-state index in [0.29, 0.717) is 11.8 Å². The van der Waals surface area contributed by atoms with Crippen molar-refractivity contribution in [1.29, 1.82) is 0 Å².